The van der Waals surface area contributed by atoms with Crippen LogP contribution in [0.4, 0.5) is 11.4 Å². The highest BCUT2D eigenvalue weighted by atomic mass is 16.6. The molecule has 5 heteroatoms. The normalized spacial score (nSPS) is 14.7. The van der Waals surface area contributed by atoms with E-state index in [1.165, 1.54) is 12.1 Å². The number of hydrazone groups is 1. The highest BCUT2D eigenvalue weighted by Gasteiger charge is 2.10. The lowest BCUT2D eigenvalue weighted by molar-refractivity contribution is -0.384. The van der Waals surface area contributed by atoms with Gasteiger partial charge in [0.15, 0.2) is 0 Å². The van der Waals surface area contributed by atoms with Gasteiger partial charge in [-0.25, -0.2) is 0 Å². The molecule has 0 fully saturated rings. The third-order valence-electron chi connectivity index (χ3n) is 2.05. The van der Waals surface area contributed by atoms with Crippen molar-refractivity contribution in [2.24, 2.45) is 5.10 Å². The van der Waals surface area contributed by atoms with E-state index in [0.29, 0.717) is 0 Å². The minimum atomic E-state index is -0.406. The summed E-state index contributed by atoms with van der Waals surface area (Å²) >= 11 is 0. The van der Waals surface area contributed by atoms with Crippen LogP contribution >= 0.6 is 0 Å². The summed E-state index contributed by atoms with van der Waals surface area (Å²) in [6, 6.07) is 6.40. The van der Waals surface area contributed by atoms with Crippen LogP contribution in [0.5, 0.6) is 0 Å². The Hall–Kier alpha value is -1.91. The largest absolute Gasteiger partial charge is 0.269 e. The van der Waals surface area contributed by atoms with Crippen molar-refractivity contribution in [3.8, 4) is 0 Å². The van der Waals surface area contributed by atoms with Crippen LogP contribution in [0.1, 0.15) is 6.42 Å². The lowest BCUT2D eigenvalue weighted by Gasteiger charge is -2.12. The van der Waals surface area contributed by atoms with Gasteiger partial charge in [0.2, 0.25) is 0 Å². The second-order valence-corrected chi connectivity index (χ2v) is 2.98. The van der Waals surface area contributed by atoms with Gasteiger partial charge in [-0.2, -0.15) is 5.10 Å². The maximum Gasteiger partial charge on any atom is 0.269 e. The molecule has 5 nitrogen and oxygen atoms in total. The van der Waals surface area contributed by atoms with E-state index in [9.17, 15) is 10.1 Å². The summed E-state index contributed by atoms with van der Waals surface area (Å²) in [7, 11) is 0. The molecule has 14 heavy (non-hydrogen) atoms. The average molecular weight is 191 g/mol. The second kappa shape index (κ2) is 3.45. The molecule has 0 bridgehead atoms. The highest BCUT2D eigenvalue weighted by Crippen LogP contribution is 2.20. The molecule has 0 aromatic heterocycles. The number of hydrogen-bond acceptors (Lipinski definition) is 4. The second-order valence-electron chi connectivity index (χ2n) is 2.98. The van der Waals surface area contributed by atoms with E-state index in [0.717, 1.165) is 18.7 Å². The van der Waals surface area contributed by atoms with Crippen LogP contribution in [0, 0.1) is 10.1 Å². The van der Waals surface area contributed by atoms with Crippen molar-refractivity contribution in [1.29, 1.82) is 0 Å². The van der Waals surface area contributed by atoms with Gasteiger partial charge < -0.3 is 0 Å². The number of non-ortho nitro benzene ring substituents is 1. The molecule has 0 N–H and O–H groups in total. The zero-order valence-corrected chi connectivity index (χ0v) is 7.46. The number of hydrogen-bond donors (Lipinski definition) is 0. The molecule has 0 radical (unpaired) electrons. The Morgan fingerprint density at radius 3 is 2.57 bits per heavy atom. The Balaban J connectivity index is 2.21. The van der Waals surface area contributed by atoms with Gasteiger partial charge in [-0.3, -0.25) is 15.1 Å². The monoisotopic (exact) mass is 191 g/mol. The molecule has 0 aliphatic carbocycles. The summed E-state index contributed by atoms with van der Waals surface area (Å²) in [5, 5.41) is 16.3. The van der Waals surface area contributed by atoms with Crippen LogP contribution in [0.15, 0.2) is 29.4 Å². The maximum absolute atomic E-state index is 10.4. The summed E-state index contributed by atoms with van der Waals surface area (Å²) < 4.78 is 0. The molecule has 1 heterocycles. The zero-order chi connectivity index (χ0) is 9.97. The van der Waals surface area contributed by atoms with Crippen molar-refractivity contribution in [3.05, 3.63) is 34.4 Å². The van der Waals surface area contributed by atoms with Gasteiger partial charge >= 0.3 is 0 Å². The predicted octanol–water partition coefficient (Wildman–Crippen LogP) is 1.79. The van der Waals surface area contributed by atoms with Crippen LogP contribution in [-0.2, 0) is 0 Å². The minimum absolute atomic E-state index is 0.108. The Morgan fingerprint density at radius 1 is 1.36 bits per heavy atom. The van der Waals surface area contributed by atoms with Gasteiger partial charge in [-0.1, -0.05) is 0 Å². The van der Waals surface area contributed by atoms with Crippen molar-refractivity contribution >= 4 is 17.6 Å². The molecule has 72 valence electrons. The molecule has 1 aromatic carbocycles. The molecule has 0 spiro atoms. The molecule has 0 amide bonds. The molecule has 1 aromatic rings. The minimum Gasteiger partial charge on any atom is -0.265 e. The zero-order valence-electron chi connectivity index (χ0n) is 7.46. The molecule has 1 aliphatic heterocycles. The molecule has 2 rings (SSSR count). The van der Waals surface area contributed by atoms with Gasteiger partial charge in [-0.15, -0.1) is 0 Å². The smallest absolute Gasteiger partial charge is 0.265 e. The van der Waals surface area contributed by atoms with E-state index < -0.39 is 4.92 Å². The first-order valence-electron chi connectivity index (χ1n) is 4.32. The van der Waals surface area contributed by atoms with Crippen LogP contribution in [-0.4, -0.2) is 17.7 Å². The van der Waals surface area contributed by atoms with Gasteiger partial charge in [0.1, 0.15) is 0 Å². The SMILES string of the molecule is O=[N+]([O-])c1ccc(N2CCC=N2)cc1. The highest BCUT2D eigenvalue weighted by molar-refractivity contribution is 5.65. The van der Waals surface area contributed by atoms with E-state index >= 15 is 0 Å². The van der Waals surface area contributed by atoms with Crippen LogP contribution in [0.25, 0.3) is 0 Å². The van der Waals surface area contributed by atoms with Crippen molar-refractivity contribution in [1.82, 2.24) is 0 Å². The fraction of sp³-hybridized carbons (Fsp3) is 0.222. The Morgan fingerprint density at radius 2 is 2.07 bits per heavy atom. The van der Waals surface area contributed by atoms with Crippen molar-refractivity contribution < 1.29 is 4.92 Å². The number of nitro groups is 1. The summed E-state index contributed by atoms with van der Waals surface area (Å²) in [4.78, 5) is 9.99. The molecule has 1 aliphatic rings. The number of anilines is 1. The van der Waals surface area contributed by atoms with E-state index in [1.807, 2.05) is 11.2 Å². The fourth-order valence-electron chi connectivity index (χ4n) is 1.34. The van der Waals surface area contributed by atoms with Crippen LogP contribution in [0.3, 0.4) is 0 Å². The van der Waals surface area contributed by atoms with Crippen LogP contribution < -0.4 is 5.01 Å². The van der Waals surface area contributed by atoms with Gasteiger partial charge in [-0.05, 0) is 12.1 Å². The van der Waals surface area contributed by atoms with Crippen molar-refractivity contribution in [2.45, 2.75) is 6.42 Å². The number of nitrogens with zero attached hydrogens (tertiary/aromatic N) is 3. The number of rotatable bonds is 2. The fourth-order valence-corrected chi connectivity index (χ4v) is 1.34. The molecule has 0 saturated carbocycles. The average Bonchev–Trinajstić information content (AvgIpc) is 2.71. The Labute approximate surface area is 80.8 Å². The molecule has 0 unspecified atom stereocenters. The van der Waals surface area contributed by atoms with E-state index in [4.69, 9.17) is 0 Å². The van der Waals surface area contributed by atoms with Crippen molar-refractivity contribution in [2.75, 3.05) is 11.6 Å². The molecule has 0 atom stereocenters. The van der Waals surface area contributed by atoms with Crippen LogP contribution in [0.2, 0.25) is 0 Å². The van der Waals surface area contributed by atoms with Gasteiger partial charge in [0.25, 0.3) is 5.69 Å². The van der Waals surface area contributed by atoms with E-state index in [1.54, 1.807) is 12.1 Å². The lowest BCUT2D eigenvalue weighted by atomic mass is 10.3. The van der Waals surface area contributed by atoms with E-state index in [2.05, 4.69) is 5.10 Å². The Bertz CT molecular complexity index is 372. The summed E-state index contributed by atoms with van der Waals surface area (Å²) in [6.07, 6.45) is 2.76. The topological polar surface area (TPSA) is 58.7 Å². The summed E-state index contributed by atoms with van der Waals surface area (Å²) in [5.74, 6) is 0. The quantitative estimate of drug-likeness (QED) is 0.529. The summed E-state index contributed by atoms with van der Waals surface area (Å²) in [6.45, 7) is 0.845. The lowest BCUT2D eigenvalue weighted by Crippen LogP contribution is -2.11. The maximum atomic E-state index is 10.4. The predicted molar refractivity (Wildman–Crippen MR) is 53.6 cm³/mol. The number of benzene rings is 1. The van der Waals surface area contributed by atoms with Gasteiger partial charge in [0.05, 0.1) is 10.6 Å². The molecule has 0 saturated heterocycles. The Kier molecular flexibility index (Phi) is 2.14. The van der Waals surface area contributed by atoms with E-state index in [-0.39, 0.29) is 5.69 Å². The summed E-state index contributed by atoms with van der Waals surface area (Å²) in [5.41, 5.74) is 1.00. The third-order valence-corrected chi connectivity index (χ3v) is 2.05. The molecular weight excluding hydrogens is 182 g/mol. The molecular formula is C9H9N3O2. The standard InChI is InChI=1S/C9H9N3O2/c13-12(14)9-4-2-8(3-5-9)11-7-1-6-10-11/h2-6H,1,7H2. The first kappa shape index (κ1) is 8.68. The van der Waals surface area contributed by atoms with Crippen molar-refractivity contribution in [3.63, 3.8) is 0 Å². The third kappa shape index (κ3) is 1.56. The number of nitro benzene ring substituents is 1. The van der Waals surface area contributed by atoms with Gasteiger partial charge in [0, 0.05) is 31.3 Å². The first-order chi connectivity index (χ1) is 6.77. The first-order valence-corrected chi connectivity index (χ1v) is 4.32.